The van der Waals surface area contributed by atoms with Crippen LogP contribution in [0, 0.1) is 13.8 Å². The molecular weight excluding hydrogens is 318 g/mol. The SMILES string of the molecule is [2H]C([2H])([2H])c1cc(C)c(-c2cc([Si](C)(C)C)cc[n+]2C)cc1-c1ccccc1. The fourth-order valence-electron chi connectivity index (χ4n) is 3.14. The van der Waals surface area contributed by atoms with Gasteiger partial charge in [0.15, 0.2) is 6.20 Å². The van der Waals surface area contributed by atoms with Gasteiger partial charge in [0.25, 0.3) is 0 Å². The van der Waals surface area contributed by atoms with E-state index in [0.29, 0.717) is 5.56 Å². The lowest BCUT2D eigenvalue weighted by atomic mass is 9.93. The van der Waals surface area contributed by atoms with Gasteiger partial charge in [-0.2, -0.15) is 0 Å². The maximum Gasteiger partial charge on any atom is 0.212 e. The van der Waals surface area contributed by atoms with Crippen LogP contribution in [0.3, 0.4) is 0 Å². The topological polar surface area (TPSA) is 3.88 Å². The summed E-state index contributed by atoms with van der Waals surface area (Å²) in [5, 5.41) is 1.39. The molecule has 0 atom stereocenters. The first-order valence-corrected chi connectivity index (χ1v) is 12.2. The minimum Gasteiger partial charge on any atom is -0.201 e. The van der Waals surface area contributed by atoms with Crippen LogP contribution in [0.4, 0.5) is 0 Å². The van der Waals surface area contributed by atoms with Crippen LogP contribution in [-0.4, -0.2) is 8.07 Å². The van der Waals surface area contributed by atoms with Gasteiger partial charge in [0.2, 0.25) is 5.69 Å². The van der Waals surface area contributed by atoms with Crippen molar-refractivity contribution in [2.24, 2.45) is 7.05 Å². The summed E-state index contributed by atoms with van der Waals surface area (Å²) in [6, 6.07) is 18.2. The first-order chi connectivity index (χ1) is 13.0. The van der Waals surface area contributed by atoms with Crippen molar-refractivity contribution in [1.29, 1.82) is 0 Å². The Bertz CT molecular complexity index is 1000. The molecule has 1 heterocycles. The molecule has 2 aromatic carbocycles. The van der Waals surface area contributed by atoms with E-state index in [1.807, 2.05) is 50.4 Å². The number of aryl methyl sites for hydroxylation is 3. The van der Waals surface area contributed by atoms with Gasteiger partial charge in [0.1, 0.15) is 7.05 Å². The molecule has 0 saturated heterocycles. The predicted molar refractivity (Wildman–Crippen MR) is 111 cm³/mol. The van der Waals surface area contributed by atoms with E-state index >= 15 is 0 Å². The highest BCUT2D eigenvalue weighted by atomic mass is 28.3. The Hall–Kier alpha value is -2.19. The van der Waals surface area contributed by atoms with E-state index in [1.54, 1.807) is 0 Å². The summed E-state index contributed by atoms with van der Waals surface area (Å²) in [5.41, 5.74) is 5.29. The molecule has 1 aromatic heterocycles. The van der Waals surface area contributed by atoms with Crippen molar-refractivity contribution < 1.29 is 8.68 Å². The standard InChI is InChI=1S/C23H28NSi/c1-17-14-18(2)22(16-21(17)19-10-8-7-9-11-19)23-15-20(25(4,5)6)12-13-24(23)3/h7-16H,1-6H3/q+1/i1D3. The van der Waals surface area contributed by atoms with E-state index < -0.39 is 14.9 Å². The minimum atomic E-state index is -2.16. The van der Waals surface area contributed by atoms with Gasteiger partial charge in [-0.25, -0.2) is 4.57 Å². The van der Waals surface area contributed by atoms with Crippen LogP contribution in [0.15, 0.2) is 60.8 Å². The van der Waals surface area contributed by atoms with Crippen LogP contribution in [0.5, 0.6) is 0 Å². The summed E-state index contributed by atoms with van der Waals surface area (Å²) in [6.45, 7) is 6.86. The molecule has 0 spiro atoms. The van der Waals surface area contributed by atoms with E-state index in [0.717, 1.165) is 27.9 Å². The third-order valence-corrected chi connectivity index (χ3v) is 6.78. The predicted octanol–water partition coefficient (Wildman–Crippen LogP) is 5.01. The molecule has 128 valence electrons. The fraction of sp³-hybridized carbons (Fsp3) is 0.261. The van der Waals surface area contributed by atoms with Gasteiger partial charge in [-0.15, -0.1) is 0 Å². The van der Waals surface area contributed by atoms with Gasteiger partial charge in [-0.1, -0.05) is 56.0 Å². The molecule has 0 amide bonds. The van der Waals surface area contributed by atoms with Gasteiger partial charge in [0, 0.05) is 21.8 Å². The molecule has 0 N–H and O–H groups in total. The number of nitrogens with zero attached hydrogens (tertiary/aromatic N) is 1. The normalized spacial score (nSPS) is 13.9. The molecule has 0 unspecified atom stereocenters. The van der Waals surface area contributed by atoms with Gasteiger partial charge in [-0.05, 0) is 47.3 Å². The second-order valence-electron chi connectivity index (χ2n) is 7.74. The summed E-state index contributed by atoms with van der Waals surface area (Å²) >= 11 is 0. The van der Waals surface area contributed by atoms with Crippen molar-refractivity contribution in [1.82, 2.24) is 0 Å². The minimum absolute atomic E-state index is 0.406. The van der Waals surface area contributed by atoms with Crippen LogP contribution in [0.1, 0.15) is 15.2 Å². The largest absolute Gasteiger partial charge is 0.212 e. The van der Waals surface area contributed by atoms with E-state index in [4.69, 9.17) is 4.11 Å². The number of hydrogen-bond donors (Lipinski definition) is 0. The number of pyridine rings is 1. The number of rotatable bonds is 3. The molecule has 0 aliphatic carbocycles. The van der Waals surface area contributed by atoms with Crippen LogP contribution >= 0.6 is 0 Å². The monoisotopic (exact) mass is 349 g/mol. The van der Waals surface area contributed by atoms with Crippen molar-refractivity contribution in [3.05, 3.63) is 71.9 Å². The molecule has 0 aliphatic rings. The van der Waals surface area contributed by atoms with Crippen molar-refractivity contribution in [2.45, 2.75) is 33.4 Å². The molecule has 0 aliphatic heterocycles. The molecule has 1 nitrogen and oxygen atoms in total. The van der Waals surface area contributed by atoms with E-state index in [2.05, 4.69) is 48.6 Å². The van der Waals surface area contributed by atoms with Gasteiger partial charge in [0.05, 0.1) is 8.07 Å². The first kappa shape index (κ1) is 14.0. The lowest BCUT2D eigenvalue weighted by molar-refractivity contribution is -0.660. The van der Waals surface area contributed by atoms with Gasteiger partial charge >= 0.3 is 0 Å². The van der Waals surface area contributed by atoms with Crippen molar-refractivity contribution in [3.8, 4) is 22.4 Å². The first-order valence-electron chi connectivity index (χ1n) is 10.2. The second-order valence-corrected chi connectivity index (χ2v) is 12.8. The molecule has 3 aromatic rings. The van der Waals surface area contributed by atoms with Crippen LogP contribution in [0.25, 0.3) is 22.4 Å². The van der Waals surface area contributed by atoms with Crippen LogP contribution in [0.2, 0.25) is 19.6 Å². The summed E-state index contributed by atoms with van der Waals surface area (Å²) < 4.78 is 26.2. The zero-order valence-corrected chi connectivity index (χ0v) is 16.7. The molecule has 0 fully saturated rings. The van der Waals surface area contributed by atoms with E-state index in [9.17, 15) is 0 Å². The Morgan fingerprint density at radius 3 is 2.24 bits per heavy atom. The molecule has 25 heavy (non-hydrogen) atoms. The van der Waals surface area contributed by atoms with E-state index in [-0.39, 0.29) is 0 Å². The Kier molecular flexibility index (Phi) is 3.71. The number of hydrogen-bond acceptors (Lipinski definition) is 0. The summed E-state index contributed by atoms with van der Waals surface area (Å²) in [5.74, 6) is 0. The molecule has 3 rings (SSSR count). The maximum atomic E-state index is 8.03. The van der Waals surface area contributed by atoms with Crippen molar-refractivity contribution in [2.75, 3.05) is 0 Å². The smallest absolute Gasteiger partial charge is 0.201 e. The van der Waals surface area contributed by atoms with Crippen molar-refractivity contribution >= 4 is 13.3 Å². The highest BCUT2D eigenvalue weighted by Crippen LogP contribution is 2.30. The summed E-state index contributed by atoms with van der Waals surface area (Å²) in [6.07, 6.45) is 2.11. The quantitative estimate of drug-likeness (QED) is 0.462. The molecule has 0 saturated carbocycles. The number of aromatic nitrogens is 1. The summed E-state index contributed by atoms with van der Waals surface area (Å²) in [7, 11) is 0.585. The maximum absolute atomic E-state index is 8.03. The Labute approximate surface area is 157 Å². The highest BCUT2D eigenvalue weighted by Gasteiger charge is 2.22. The number of benzene rings is 2. The van der Waals surface area contributed by atoms with Gasteiger partial charge < -0.3 is 0 Å². The highest BCUT2D eigenvalue weighted by molar-refractivity contribution is 6.88. The third kappa shape index (κ3) is 3.59. The molecule has 2 heteroatoms. The fourth-order valence-corrected chi connectivity index (χ4v) is 4.29. The summed E-state index contributed by atoms with van der Waals surface area (Å²) in [4.78, 5) is 0. The third-order valence-electron chi connectivity index (χ3n) is 4.74. The van der Waals surface area contributed by atoms with Crippen LogP contribution in [-0.2, 0) is 7.05 Å². The lowest BCUT2D eigenvalue weighted by Crippen LogP contribution is -2.42. The zero-order chi connectivity index (χ0) is 20.7. The lowest BCUT2D eigenvalue weighted by Gasteiger charge is -2.17. The average molecular weight is 350 g/mol. The molecular formula is C23H28NSi+. The zero-order valence-electron chi connectivity index (χ0n) is 18.7. The Morgan fingerprint density at radius 1 is 0.880 bits per heavy atom. The van der Waals surface area contributed by atoms with Crippen molar-refractivity contribution in [3.63, 3.8) is 0 Å². The molecule has 0 bridgehead atoms. The van der Waals surface area contributed by atoms with E-state index in [1.165, 1.54) is 5.19 Å². The Balaban J connectivity index is 2.30. The molecule has 0 radical (unpaired) electrons. The van der Waals surface area contributed by atoms with Gasteiger partial charge in [-0.3, -0.25) is 0 Å². The average Bonchev–Trinajstić information content (AvgIpc) is 2.61. The van der Waals surface area contributed by atoms with Crippen LogP contribution < -0.4 is 9.75 Å². The second kappa shape index (κ2) is 6.60. The Morgan fingerprint density at radius 2 is 1.60 bits per heavy atom.